The normalized spacial score (nSPS) is 21.3. The van der Waals surface area contributed by atoms with Gasteiger partial charge in [-0.05, 0) is 6.42 Å². The largest absolute Gasteiger partial charge is 0.390 e. The van der Waals surface area contributed by atoms with E-state index in [0.29, 0.717) is 6.54 Å². The lowest BCUT2D eigenvalue weighted by Crippen LogP contribution is -2.54. The first-order chi connectivity index (χ1) is 10.8. The van der Waals surface area contributed by atoms with E-state index >= 15 is 0 Å². The SMILES string of the molecule is CCCCCCCCCCCC1=NCC[N+]1(CCN)CCO. The Bertz CT molecular complexity index is 299. The van der Waals surface area contributed by atoms with Crippen molar-refractivity contribution < 1.29 is 9.59 Å². The molecule has 0 aromatic rings. The molecule has 1 unspecified atom stereocenters. The summed E-state index contributed by atoms with van der Waals surface area (Å²) in [6.45, 7) is 6.83. The smallest absolute Gasteiger partial charge is 0.198 e. The highest BCUT2D eigenvalue weighted by Gasteiger charge is 2.36. The van der Waals surface area contributed by atoms with Crippen molar-refractivity contribution in [3.8, 4) is 0 Å². The summed E-state index contributed by atoms with van der Waals surface area (Å²) in [5.41, 5.74) is 5.78. The van der Waals surface area contributed by atoms with Crippen molar-refractivity contribution >= 4 is 5.84 Å². The van der Waals surface area contributed by atoms with Gasteiger partial charge in [0.1, 0.15) is 13.1 Å². The molecule has 1 heterocycles. The average Bonchev–Trinajstić information content (AvgIpc) is 2.89. The molecule has 0 amide bonds. The van der Waals surface area contributed by atoms with Crippen LogP contribution < -0.4 is 5.73 Å². The number of nitrogens with zero attached hydrogens (tertiary/aromatic N) is 2. The fourth-order valence-corrected chi connectivity index (χ4v) is 3.59. The lowest BCUT2D eigenvalue weighted by atomic mass is 10.1. The highest BCUT2D eigenvalue weighted by Crippen LogP contribution is 2.19. The standard InChI is InChI=1S/C18H38N3O/c1-2-3-4-5-6-7-8-9-10-11-18-20-13-15-21(18,14-12-19)16-17-22/h22H,2-17,19H2,1H3/q+1. The van der Waals surface area contributed by atoms with Gasteiger partial charge < -0.3 is 10.8 Å². The summed E-state index contributed by atoms with van der Waals surface area (Å²) >= 11 is 0. The summed E-state index contributed by atoms with van der Waals surface area (Å²) in [4.78, 5) is 4.72. The first kappa shape index (κ1) is 19.6. The van der Waals surface area contributed by atoms with Gasteiger partial charge in [0.2, 0.25) is 0 Å². The zero-order valence-corrected chi connectivity index (χ0v) is 14.7. The number of hydrogen-bond donors (Lipinski definition) is 2. The molecule has 1 atom stereocenters. The van der Waals surface area contributed by atoms with Crippen LogP contribution in [0.1, 0.15) is 71.1 Å². The maximum Gasteiger partial charge on any atom is 0.198 e. The molecule has 22 heavy (non-hydrogen) atoms. The van der Waals surface area contributed by atoms with Crippen molar-refractivity contribution in [1.82, 2.24) is 0 Å². The summed E-state index contributed by atoms with van der Waals surface area (Å²) in [6, 6.07) is 0. The number of aliphatic hydroxyl groups excluding tert-OH is 1. The molecular weight excluding hydrogens is 274 g/mol. The first-order valence-electron chi connectivity index (χ1n) is 9.50. The molecule has 4 nitrogen and oxygen atoms in total. The highest BCUT2D eigenvalue weighted by molar-refractivity contribution is 5.76. The molecular formula is C18H38N3O+. The number of amidine groups is 1. The third-order valence-corrected chi connectivity index (χ3v) is 4.96. The second kappa shape index (κ2) is 12.0. The summed E-state index contributed by atoms with van der Waals surface area (Å²) < 4.78 is 0.851. The van der Waals surface area contributed by atoms with Crippen LogP contribution in [0.4, 0.5) is 0 Å². The molecule has 0 radical (unpaired) electrons. The van der Waals surface area contributed by atoms with Crippen molar-refractivity contribution in [2.45, 2.75) is 71.1 Å². The highest BCUT2D eigenvalue weighted by atomic mass is 16.3. The van der Waals surface area contributed by atoms with E-state index < -0.39 is 0 Å². The molecule has 0 spiro atoms. The third-order valence-electron chi connectivity index (χ3n) is 4.96. The van der Waals surface area contributed by atoms with Crippen LogP contribution in [0.15, 0.2) is 4.99 Å². The Balaban J connectivity index is 2.15. The Morgan fingerprint density at radius 1 is 1.00 bits per heavy atom. The second-order valence-corrected chi connectivity index (χ2v) is 6.70. The van der Waals surface area contributed by atoms with E-state index in [0.717, 1.165) is 37.1 Å². The summed E-state index contributed by atoms with van der Waals surface area (Å²) in [5.74, 6) is 1.29. The predicted molar refractivity (Wildman–Crippen MR) is 95.1 cm³/mol. The number of aliphatic hydroxyl groups is 1. The van der Waals surface area contributed by atoms with Gasteiger partial charge in [0.05, 0.1) is 19.7 Å². The van der Waals surface area contributed by atoms with Gasteiger partial charge >= 0.3 is 0 Å². The van der Waals surface area contributed by atoms with E-state index in [1.165, 1.54) is 63.6 Å². The monoisotopic (exact) mass is 312 g/mol. The van der Waals surface area contributed by atoms with Gasteiger partial charge in [0.15, 0.2) is 5.84 Å². The van der Waals surface area contributed by atoms with E-state index in [4.69, 9.17) is 10.7 Å². The fraction of sp³-hybridized carbons (Fsp3) is 0.944. The predicted octanol–water partition coefficient (Wildman–Crippen LogP) is 3.09. The molecule has 0 fully saturated rings. The van der Waals surface area contributed by atoms with E-state index in [1.54, 1.807) is 0 Å². The van der Waals surface area contributed by atoms with Gasteiger partial charge in [-0.3, -0.25) is 4.48 Å². The van der Waals surface area contributed by atoms with E-state index in [1.807, 2.05) is 0 Å². The van der Waals surface area contributed by atoms with Crippen LogP contribution in [0.5, 0.6) is 0 Å². The number of quaternary nitrogens is 1. The molecule has 0 aromatic heterocycles. The molecule has 130 valence electrons. The lowest BCUT2D eigenvalue weighted by Gasteiger charge is -2.34. The van der Waals surface area contributed by atoms with Crippen LogP contribution in [-0.4, -0.2) is 54.8 Å². The number of nitrogens with two attached hydrogens (primary N) is 1. The van der Waals surface area contributed by atoms with Crippen molar-refractivity contribution in [2.24, 2.45) is 10.7 Å². The minimum absolute atomic E-state index is 0.233. The maximum absolute atomic E-state index is 9.36. The quantitative estimate of drug-likeness (QED) is 0.382. The maximum atomic E-state index is 9.36. The van der Waals surface area contributed by atoms with Crippen molar-refractivity contribution in [3.63, 3.8) is 0 Å². The molecule has 0 bridgehead atoms. The number of unbranched alkanes of at least 4 members (excludes halogenated alkanes) is 8. The van der Waals surface area contributed by atoms with Crippen molar-refractivity contribution in [2.75, 3.05) is 39.3 Å². The molecule has 1 aliphatic rings. The molecule has 0 saturated heterocycles. The van der Waals surface area contributed by atoms with Crippen molar-refractivity contribution in [3.05, 3.63) is 0 Å². The molecule has 3 N–H and O–H groups in total. The van der Waals surface area contributed by atoms with Crippen LogP contribution in [0, 0.1) is 0 Å². The molecule has 1 aliphatic heterocycles. The minimum Gasteiger partial charge on any atom is -0.390 e. The van der Waals surface area contributed by atoms with Crippen molar-refractivity contribution in [1.29, 1.82) is 0 Å². The zero-order valence-electron chi connectivity index (χ0n) is 14.7. The van der Waals surface area contributed by atoms with Gasteiger partial charge in [-0.25, -0.2) is 4.99 Å². The molecule has 0 aromatic carbocycles. The van der Waals surface area contributed by atoms with Crippen LogP contribution >= 0.6 is 0 Å². The van der Waals surface area contributed by atoms with Crippen LogP contribution in [0.25, 0.3) is 0 Å². The van der Waals surface area contributed by atoms with E-state index in [9.17, 15) is 5.11 Å². The Morgan fingerprint density at radius 2 is 1.64 bits per heavy atom. The van der Waals surface area contributed by atoms with Gasteiger partial charge in [0, 0.05) is 13.0 Å². The molecule has 1 rings (SSSR count). The fourth-order valence-electron chi connectivity index (χ4n) is 3.59. The zero-order chi connectivity index (χ0) is 16.1. The van der Waals surface area contributed by atoms with Crippen LogP contribution in [0.2, 0.25) is 0 Å². The Morgan fingerprint density at radius 3 is 2.23 bits per heavy atom. The molecule has 4 heteroatoms. The Labute approximate surface area is 137 Å². The summed E-state index contributed by atoms with van der Waals surface area (Å²) in [5, 5.41) is 9.36. The van der Waals surface area contributed by atoms with Gasteiger partial charge in [0.25, 0.3) is 0 Å². The minimum atomic E-state index is 0.233. The molecule has 0 aliphatic carbocycles. The van der Waals surface area contributed by atoms with E-state index in [2.05, 4.69) is 6.92 Å². The van der Waals surface area contributed by atoms with Crippen LogP contribution in [0.3, 0.4) is 0 Å². The summed E-state index contributed by atoms with van der Waals surface area (Å²) in [7, 11) is 0. The lowest BCUT2D eigenvalue weighted by molar-refractivity contribution is -0.835. The topological polar surface area (TPSA) is 58.6 Å². The Kier molecular flexibility index (Phi) is 10.7. The first-order valence-corrected chi connectivity index (χ1v) is 9.50. The summed E-state index contributed by atoms with van der Waals surface area (Å²) in [6.07, 6.45) is 13.3. The second-order valence-electron chi connectivity index (χ2n) is 6.70. The van der Waals surface area contributed by atoms with Crippen LogP contribution in [-0.2, 0) is 0 Å². The number of rotatable bonds is 14. The van der Waals surface area contributed by atoms with Gasteiger partial charge in [-0.2, -0.15) is 0 Å². The average molecular weight is 313 g/mol. The molecule has 0 saturated carbocycles. The van der Waals surface area contributed by atoms with E-state index in [-0.39, 0.29) is 6.61 Å². The number of aliphatic imine (C=N–C) groups is 1. The third kappa shape index (κ3) is 6.76. The van der Waals surface area contributed by atoms with Gasteiger partial charge in [-0.15, -0.1) is 0 Å². The Hall–Kier alpha value is -0.450. The van der Waals surface area contributed by atoms with Gasteiger partial charge in [-0.1, -0.05) is 58.3 Å². The number of hydrogen-bond acceptors (Lipinski definition) is 3.